The predicted molar refractivity (Wildman–Crippen MR) is 65.3 cm³/mol. The van der Waals surface area contributed by atoms with Gasteiger partial charge in [-0.05, 0) is 44.4 Å². The van der Waals surface area contributed by atoms with Crippen LogP contribution in [0.15, 0.2) is 0 Å². The highest BCUT2D eigenvalue weighted by atomic mass is 16.5. The average Bonchev–Trinajstić information content (AvgIpc) is 2.40. The summed E-state index contributed by atoms with van der Waals surface area (Å²) in [6.07, 6.45) is 6.51. The summed E-state index contributed by atoms with van der Waals surface area (Å²) in [6, 6.07) is 2.39. The Hall–Kier alpha value is -0.590. The van der Waals surface area contributed by atoms with Crippen molar-refractivity contribution < 1.29 is 9.84 Å². The lowest BCUT2D eigenvalue weighted by Gasteiger charge is -2.48. The lowest BCUT2D eigenvalue weighted by Crippen LogP contribution is -2.53. The van der Waals surface area contributed by atoms with Gasteiger partial charge in [0, 0.05) is 6.61 Å². The molecule has 2 aliphatic rings. The van der Waals surface area contributed by atoms with Gasteiger partial charge in [-0.3, -0.25) is 0 Å². The summed E-state index contributed by atoms with van der Waals surface area (Å²) in [6.45, 7) is 3.35. The van der Waals surface area contributed by atoms with Crippen LogP contribution in [0.4, 0.5) is 0 Å². The Bertz CT molecular complexity index is 294. The molecular formula is C14H23NO2. The number of aliphatic hydroxyl groups is 1. The third kappa shape index (κ3) is 2.21. The van der Waals surface area contributed by atoms with Crippen LogP contribution >= 0.6 is 0 Å². The Morgan fingerprint density at radius 1 is 1.35 bits per heavy atom. The molecule has 96 valence electrons. The van der Waals surface area contributed by atoms with E-state index in [0.717, 1.165) is 51.0 Å². The van der Waals surface area contributed by atoms with E-state index < -0.39 is 11.0 Å². The van der Waals surface area contributed by atoms with Gasteiger partial charge in [0.15, 0.2) is 0 Å². The minimum atomic E-state index is -0.812. The van der Waals surface area contributed by atoms with Crippen LogP contribution in [0.1, 0.15) is 51.9 Å². The lowest BCUT2D eigenvalue weighted by atomic mass is 9.61. The van der Waals surface area contributed by atoms with Gasteiger partial charge in [0.1, 0.15) is 5.41 Å². The van der Waals surface area contributed by atoms with Crippen LogP contribution in [0.2, 0.25) is 0 Å². The van der Waals surface area contributed by atoms with E-state index in [4.69, 9.17) is 4.74 Å². The second kappa shape index (κ2) is 4.96. The average molecular weight is 237 g/mol. The monoisotopic (exact) mass is 237 g/mol. The topological polar surface area (TPSA) is 53.2 Å². The van der Waals surface area contributed by atoms with Gasteiger partial charge in [0.25, 0.3) is 0 Å². The Kier molecular flexibility index (Phi) is 3.75. The van der Waals surface area contributed by atoms with Gasteiger partial charge in [-0.25, -0.2) is 0 Å². The minimum Gasteiger partial charge on any atom is -0.388 e. The molecule has 1 unspecified atom stereocenters. The number of hydrogen-bond donors (Lipinski definition) is 1. The first-order valence-corrected chi connectivity index (χ1v) is 6.87. The van der Waals surface area contributed by atoms with Crippen molar-refractivity contribution in [2.45, 2.75) is 57.5 Å². The Morgan fingerprint density at radius 2 is 2.06 bits per heavy atom. The van der Waals surface area contributed by atoms with Crippen molar-refractivity contribution in [1.82, 2.24) is 0 Å². The summed E-state index contributed by atoms with van der Waals surface area (Å²) in [5.41, 5.74) is -1.46. The van der Waals surface area contributed by atoms with E-state index in [-0.39, 0.29) is 0 Å². The fraction of sp³-hybridized carbons (Fsp3) is 0.929. The van der Waals surface area contributed by atoms with E-state index in [0.29, 0.717) is 6.61 Å². The number of rotatable bonds is 2. The molecule has 1 atom stereocenters. The molecule has 0 amide bonds. The second-order valence-electron chi connectivity index (χ2n) is 5.73. The fourth-order valence-electron chi connectivity index (χ4n) is 3.40. The maximum absolute atomic E-state index is 10.9. The third-order valence-corrected chi connectivity index (χ3v) is 4.86. The largest absolute Gasteiger partial charge is 0.388 e. The zero-order valence-corrected chi connectivity index (χ0v) is 10.7. The van der Waals surface area contributed by atoms with Crippen LogP contribution in [-0.4, -0.2) is 23.9 Å². The summed E-state index contributed by atoms with van der Waals surface area (Å²) in [5.74, 6) is 0.732. The molecule has 2 rings (SSSR count). The number of nitrogens with zero attached hydrogens (tertiary/aromatic N) is 1. The van der Waals surface area contributed by atoms with Crippen molar-refractivity contribution >= 4 is 0 Å². The molecule has 1 aliphatic heterocycles. The summed E-state index contributed by atoms with van der Waals surface area (Å²) in [5, 5.41) is 20.3. The maximum Gasteiger partial charge on any atom is 0.109 e. The minimum absolute atomic E-state index is 0.413. The van der Waals surface area contributed by atoms with Gasteiger partial charge in [-0.1, -0.05) is 13.3 Å². The van der Waals surface area contributed by atoms with Crippen LogP contribution in [0, 0.1) is 22.7 Å². The first-order chi connectivity index (χ1) is 8.16. The van der Waals surface area contributed by atoms with Crippen molar-refractivity contribution in [2.75, 3.05) is 13.2 Å². The predicted octanol–water partition coefficient (Wildman–Crippen LogP) is 2.64. The summed E-state index contributed by atoms with van der Waals surface area (Å²) >= 11 is 0. The molecule has 0 aromatic carbocycles. The standard InChI is InChI=1S/C14H23NO2/c1-2-12-4-7-14(16,8-5-12)13(10-15)6-3-9-17-11-13/h12,16H,2-9,11H2,1H3. The molecule has 1 saturated carbocycles. The highest BCUT2D eigenvalue weighted by Crippen LogP contribution is 2.48. The highest BCUT2D eigenvalue weighted by Gasteiger charge is 2.52. The van der Waals surface area contributed by atoms with Gasteiger partial charge in [0.2, 0.25) is 0 Å². The quantitative estimate of drug-likeness (QED) is 0.803. The normalized spacial score (nSPS) is 43.0. The van der Waals surface area contributed by atoms with E-state index >= 15 is 0 Å². The fourth-order valence-corrected chi connectivity index (χ4v) is 3.40. The molecule has 17 heavy (non-hydrogen) atoms. The second-order valence-corrected chi connectivity index (χ2v) is 5.73. The van der Waals surface area contributed by atoms with E-state index in [1.807, 2.05) is 0 Å². The van der Waals surface area contributed by atoms with Crippen LogP contribution in [0.3, 0.4) is 0 Å². The molecule has 0 aromatic heterocycles. The molecule has 1 heterocycles. The first kappa shape index (κ1) is 12.9. The Labute approximate surface area is 104 Å². The molecule has 1 aliphatic carbocycles. The number of ether oxygens (including phenoxy) is 1. The van der Waals surface area contributed by atoms with E-state index in [2.05, 4.69) is 13.0 Å². The van der Waals surface area contributed by atoms with Crippen molar-refractivity contribution in [3.63, 3.8) is 0 Å². The van der Waals surface area contributed by atoms with Crippen molar-refractivity contribution in [1.29, 1.82) is 5.26 Å². The molecule has 0 bridgehead atoms. The van der Waals surface area contributed by atoms with Gasteiger partial charge in [0.05, 0.1) is 18.3 Å². The summed E-state index contributed by atoms with van der Waals surface area (Å²) in [7, 11) is 0. The van der Waals surface area contributed by atoms with Crippen LogP contribution in [-0.2, 0) is 4.74 Å². The molecule has 3 nitrogen and oxygen atoms in total. The Balaban J connectivity index is 2.11. The molecule has 1 saturated heterocycles. The van der Waals surface area contributed by atoms with E-state index in [1.54, 1.807) is 0 Å². The molecule has 3 heteroatoms. The first-order valence-electron chi connectivity index (χ1n) is 6.87. The van der Waals surface area contributed by atoms with Crippen LogP contribution in [0.5, 0.6) is 0 Å². The van der Waals surface area contributed by atoms with Gasteiger partial charge in [-0.15, -0.1) is 0 Å². The highest BCUT2D eigenvalue weighted by molar-refractivity contribution is 5.13. The van der Waals surface area contributed by atoms with Crippen molar-refractivity contribution in [3.8, 4) is 6.07 Å². The lowest BCUT2D eigenvalue weighted by molar-refractivity contribution is -0.140. The third-order valence-electron chi connectivity index (χ3n) is 4.86. The molecule has 2 fully saturated rings. The van der Waals surface area contributed by atoms with Gasteiger partial charge >= 0.3 is 0 Å². The molecule has 0 spiro atoms. The maximum atomic E-state index is 10.9. The van der Waals surface area contributed by atoms with Gasteiger partial charge < -0.3 is 9.84 Å². The molecule has 0 radical (unpaired) electrons. The van der Waals surface area contributed by atoms with Crippen molar-refractivity contribution in [3.05, 3.63) is 0 Å². The summed E-state index contributed by atoms with van der Waals surface area (Å²) < 4.78 is 5.47. The van der Waals surface area contributed by atoms with Gasteiger partial charge in [-0.2, -0.15) is 5.26 Å². The van der Waals surface area contributed by atoms with Crippen LogP contribution < -0.4 is 0 Å². The van der Waals surface area contributed by atoms with Crippen molar-refractivity contribution in [2.24, 2.45) is 11.3 Å². The molecular weight excluding hydrogens is 214 g/mol. The number of nitriles is 1. The molecule has 0 aromatic rings. The molecule has 1 N–H and O–H groups in total. The Morgan fingerprint density at radius 3 is 2.53 bits per heavy atom. The zero-order valence-electron chi connectivity index (χ0n) is 10.7. The van der Waals surface area contributed by atoms with E-state index in [1.165, 1.54) is 6.42 Å². The smallest absolute Gasteiger partial charge is 0.109 e. The number of hydrogen-bond acceptors (Lipinski definition) is 3. The zero-order chi connectivity index (χ0) is 12.4. The van der Waals surface area contributed by atoms with E-state index in [9.17, 15) is 10.4 Å². The summed E-state index contributed by atoms with van der Waals surface area (Å²) in [4.78, 5) is 0. The van der Waals surface area contributed by atoms with Crippen LogP contribution in [0.25, 0.3) is 0 Å². The SMILES string of the molecule is CCC1CCC(O)(C2(C#N)CCCOC2)CC1.